The van der Waals surface area contributed by atoms with E-state index in [-0.39, 0.29) is 6.10 Å². The van der Waals surface area contributed by atoms with Crippen LogP contribution in [0.4, 0.5) is 0 Å². The predicted molar refractivity (Wildman–Crippen MR) is 72.2 cm³/mol. The lowest BCUT2D eigenvalue weighted by molar-refractivity contribution is -0.369. The third kappa shape index (κ3) is 4.39. The highest BCUT2D eigenvalue weighted by molar-refractivity contribution is 5.29. The topological polar surface area (TPSA) is 36.9 Å². The summed E-state index contributed by atoms with van der Waals surface area (Å²) in [5.74, 6) is 2.23. The molecule has 0 aliphatic rings. The van der Waals surface area contributed by atoms with Crippen molar-refractivity contribution in [2.45, 2.75) is 46.1 Å². The second kappa shape index (κ2) is 6.65. The number of benzene rings is 1. The molecule has 0 spiro atoms. The molecule has 96 valence electrons. The van der Waals surface area contributed by atoms with E-state index in [1.165, 1.54) is 5.56 Å². The van der Waals surface area contributed by atoms with Crippen LogP contribution in [0, 0.1) is 5.92 Å². The molecule has 1 aromatic carbocycles. The number of quaternary nitrogens is 1. The van der Waals surface area contributed by atoms with Gasteiger partial charge in [-0.2, -0.15) is 0 Å². The quantitative estimate of drug-likeness (QED) is 0.810. The van der Waals surface area contributed by atoms with E-state index in [0.717, 1.165) is 18.7 Å². The monoisotopic (exact) mass is 236 g/mol. The van der Waals surface area contributed by atoms with Gasteiger partial charge in [0.05, 0.1) is 12.6 Å². The lowest BCUT2D eigenvalue weighted by atomic mass is 9.86. The zero-order chi connectivity index (χ0) is 12.8. The Morgan fingerprint density at radius 3 is 2.06 bits per heavy atom. The van der Waals surface area contributed by atoms with Crippen LogP contribution in [0.1, 0.15) is 45.6 Å². The van der Waals surface area contributed by atoms with E-state index in [2.05, 4.69) is 43.8 Å². The number of hydrogen-bond donors (Lipinski definition) is 1. The Bertz CT molecular complexity index is 316. The summed E-state index contributed by atoms with van der Waals surface area (Å²) < 4.78 is 5.66. The lowest BCUT2D eigenvalue weighted by Crippen LogP contribution is -2.50. The smallest absolute Gasteiger partial charge is 0.119 e. The average molecular weight is 236 g/mol. The molecule has 1 aromatic rings. The summed E-state index contributed by atoms with van der Waals surface area (Å²) in [6.45, 7) is 9.64. The second-order valence-electron chi connectivity index (χ2n) is 5.23. The van der Waals surface area contributed by atoms with Gasteiger partial charge in [-0.3, -0.25) is 0 Å². The van der Waals surface area contributed by atoms with Gasteiger partial charge in [0.15, 0.2) is 0 Å². The molecule has 17 heavy (non-hydrogen) atoms. The summed E-state index contributed by atoms with van der Waals surface area (Å²) in [6, 6.07) is 8.54. The fourth-order valence-electron chi connectivity index (χ4n) is 2.17. The first-order chi connectivity index (χ1) is 8.04. The fourth-order valence-corrected chi connectivity index (χ4v) is 2.17. The molecule has 0 aliphatic heterocycles. The van der Waals surface area contributed by atoms with Gasteiger partial charge in [-0.05, 0) is 43.4 Å². The van der Waals surface area contributed by atoms with Gasteiger partial charge in [-0.25, -0.2) is 0 Å². The van der Waals surface area contributed by atoms with Crippen LogP contribution in [0.5, 0.6) is 5.75 Å². The third-order valence-corrected chi connectivity index (χ3v) is 3.00. The Labute approximate surface area is 105 Å². The zero-order valence-corrected chi connectivity index (χ0v) is 11.6. The van der Waals surface area contributed by atoms with Crippen molar-refractivity contribution in [2.24, 2.45) is 5.92 Å². The highest BCUT2D eigenvalue weighted by Crippen LogP contribution is 2.28. The molecule has 0 aliphatic carbocycles. The first kappa shape index (κ1) is 14.0. The van der Waals surface area contributed by atoms with Gasteiger partial charge in [0.1, 0.15) is 5.75 Å². The van der Waals surface area contributed by atoms with Crippen molar-refractivity contribution in [1.82, 2.24) is 0 Å². The van der Waals surface area contributed by atoms with E-state index < -0.39 is 0 Å². The van der Waals surface area contributed by atoms with Gasteiger partial charge in [0, 0.05) is 6.42 Å². The molecule has 0 fully saturated rings. The average Bonchev–Trinajstić information content (AvgIpc) is 2.26. The van der Waals surface area contributed by atoms with Crippen LogP contribution in [-0.2, 0) is 0 Å². The van der Waals surface area contributed by atoms with Gasteiger partial charge in [-0.15, -0.1) is 0 Å². The van der Waals surface area contributed by atoms with Gasteiger partial charge < -0.3 is 10.5 Å². The molecule has 0 saturated heterocycles. The standard InChI is InChI=1S/C15H25NO/c1-11(2)15(9-10-16)13-5-7-14(8-6-13)17-12(3)4/h5-8,11-12,15H,9-10,16H2,1-4H3/p+1/t15-/m1/s1. The molecule has 0 radical (unpaired) electrons. The molecule has 0 amide bonds. The summed E-state index contributed by atoms with van der Waals surface area (Å²) in [4.78, 5) is 0. The predicted octanol–water partition coefficient (Wildman–Crippen LogP) is 2.85. The molecule has 3 N–H and O–H groups in total. The molecular weight excluding hydrogens is 210 g/mol. The molecule has 0 unspecified atom stereocenters. The lowest BCUT2D eigenvalue weighted by Gasteiger charge is -2.20. The van der Waals surface area contributed by atoms with Gasteiger partial charge in [0.2, 0.25) is 0 Å². The van der Waals surface area contributed by atoms with E-state index in [9.17, 15) is 0 Å². The second-order valence-corrected chi connectivity index (χ2v) is 5.23. The Morgan fingerprint density at radius 1 is 1.06 bits per heavy atom. The summed E-state index contributed by atoms with van der Waals surface area (Å²) in [5, 5.41) is 0. The van der Waals surface area contributed by atoms with Gasteiger partial charge >= 0.3 is 0 Å². The molecule has 0 saturated carbocycles. The van der Waals surface area contributed by atoms with Crippen LogP contribution >= 0.6 is 0 Å². The highest BCUT2D eigenvalue weighted by atomic mass is 16.5. The van der Waals surface area contributed by atoms with Crippen molar-refractivity contribution in [3.8, 4) is 5.75 Å². The van der Waals surface area contributed by atoms with Crippen molar-refractivity contribution in [1.29, 1.82) is 0 Å². The summed E-state index contributed by atoms with van der Waals surface area (Å²) in [5.41, 5.74) is 5.37. The molecule has 0 heterocycles. The van der Waals surface area contributed by atoms with Crippen molar-refractivity contribution in [2.75, 3.05) is 6.54 Å². The van der Waals surface area contributed by atoms with E-state index in [4.69, 9.17) is 4.74 Å². The van der Waals surface area contributed by atoms with Crippen LogP contribution in [-0.4, -0.2) is 12.6 Å². The molecule has 0 bridgehead atoms. The van der Waals surface area contributed by atoms with Gasteiger partial charge in [0.25, 0.3) is 0 Å². The maximum atomic E-state index is 5.66. The SMILES string of the molecule is CC(C)Oc1ccc([C@H](CC[NH3+])C(C)C)cc1. The Kier molecular flexibility index (Phi) is 5.49. The van der Waals surface area contributed by atoms with Crippen LogP contribution < -0.4 is 10.5 Å². The first-order valence-corrected chi connectivity index (χ1v) is 6.60. The molecule has 2 nitrogen and oxygen atoms in total. The minimum absolute atomic E-state index is 0.238. The summed E-state index contributed by atoms with van der Waals surface area (Å²) >= 11 is 0. The van der Waals surface area contributed by atoms with Crippen LogP contribution in [0.25, 0.3) is 0 Å². The van der Waals surface area contributed by atoms with E-state index >= 15 is 0 Å². The molecular formula is C15H26NO+. The maximum Gasteiger partial charge on any atom is 0.119 e. The number of ether oxygens (including phenoxy) is 1. The summed E-state index contributed by atoms with van der Waals surface area (Å²) in [6.07, 6.45) is 1.39. The van der Waals surface area contributed by atoms with Crippen LogP contribution in [0.3, 0.4) is 0 Å². The molecule has 1 rings (SSSR count). The maximum absolute atomic E-state index is 5.66. The van der Waals surface area contributed by atoms with E-state index in [0.29, 0.717) is 11.8 Å². The van der Waals surface area contributed by atoms with Crippen molar-refractivity contribution < 1.29 is 10.5 Å². The molecule has 2 heteroatoms. The van der Waals surface area contributed by atoms with Crippen molar-refractivity contribution >= 4 is 0 Å². The van der Waals surface area contributed by atoms with Crippen molar-refractivity contribution in [3.63, 3.8) is 0 Å². The highest BCUT2D eigenvalue weighted by Gasteiger charge is 2.15. The number of rotatable bonds is 6. The number of hydrogen-bond acceptors (Lipinski definition) is 1. The van der Waals surface area contributed by atoms with Crippen molar-refractivity contribution in [3.05, 3.63) is 29.8 Å². The fraction of sp³-hybridized carbons (Fsp3) is 0.600. The normalized spacial score (nSPS) is 13.1. The molecule has 1 atom stereocenters. The molecule has 0 aromatic heterocycles. The van der Waals surface area contributed by atoms with Gasteiger partial charge in [-0.1, -0.05) is 26.0 Å². The van der Waals surface area contributed by atoms with Crippen LogP contribution in [0.15, 0.2) is 24.3 Å². The van der Waals surface area contributed by atoms with E-state index in [1.807, 2.05) is 13.8 Å². The van der Waals surface area contributed by atoms with Crippen LogP contribution in [0.2, 0.25) is 0 Å². The first-order valence-electron chi connectivity index (χ1n) is 6.60. The zero-order valence-electron chi connectivity index (χ0n) is 11.6. The Hall–Kier alpha value is -1.02. The minimum Gasteiger partial charge on any atom is -0.491 e. The summed E-state index contributed by atoms with van der Waals surface area (Å²) in [7, 11) is 0. The minimum atomic E-state index is 0.238. The Balaban J connectivity index is 2.77. The third-order valence-electron chi connectivity index (χ3n) is 3.00. The largest absolute Gasteiger partial charge is 0.491 e. The Morgan fingerprint density at radius 2 is 1.65 bits per heavy atom. The van der Waals surface area contributed by atoms with E-state index in [1.54, 1.807) is 0 Å².